The summed E-state index contributed by atoms with van der Waals surface area (Å²) >= 11 is 0. The Morgan fingerprint density at radius 2 is 2.05 bits per heavy atom. The lowest BCUT2D eigenvalue weighted by Crippen LogP contribution is -2.38. The quantitative estimate of drug-likeness (QED) is 0.293. The lowest BCUT2D eigenvalue weighted by atomic mass is 10.1. The summed E-state index contributed by atoms with van der Waals surface area (Å²) in [6.07, 6.45) is 0.835. The molecule has 0 fully saturated rings. The number of ether oxygens (including phenoxy) is 1. The third kappa shape index (κ3) is 8.53. The van der Waals surface area contributed by atoms with Crippen LogP contribution >= 0.6 is 24.0 Å². The zero-order chi connectivity index (χ0) is 15.5. The Hall–Kier alpha value is -0.890. The minimum absolute atomic E-state index is 0. The predicted octanol–water partition coefficient (Wildman–Crippen LogP) is 2.89. The molecule has 0 radical (unpaired) electrons. The highest BCUT2D eigenvalue weighted by atomic mass is 127. The van der Waals surface area contributed by atoms with Gasteiger partial charge in [0.15, 0.2) is 5.96 Å². The van der Waals surface area contributed by atoms with Crippen LogP contribution in [0, 0.1) is 12.7 Å². The van der Waals surface area contributed by atoms with Crippen molar-refractivity contribution in [2.75, 3.05) is 32.8 Å². The summed E-state index contributed by atoms with van der Waals surface area (Å²) < 4.78 is 18.3. The highest BCUT2D eigenvalue weighted by molar-refractivity contribution is 14.0. The van der Waals surface area contributed by atoms with E-state index in [1.807, 2.05) is 26.8 Å². The molecule has 0 atom stereocenters. The second-order valence-electron chi connectivity index (χ2n) is 4.71. The third-order valence-corrected chi connectivity index (χ3v) is 3.05. The van der Waals surface area contributed by atoms with Gasteiger partial charge in [-0.25, -0.2) is 4.39 Å². The second-order valence-corrected chi connectivity index (χ2v) is 4.71. The van der Waals surface area contributed by atoms with Crippen LogP contribution in [-0.4, -0.2) is 38.8 Å². The van der Waals surface area contributed by atoms with Crippen LogP contribution in [0.3, 0.4) is 0 Å². The van der Waals surface area contributed by atoms with Crippen molar-refractivity contribution in [2.45, 2.75) is 27.2 Å². The number of benzene rings is 1. The molecule has 0 unspecified atom stereocenters. The van der Waals surface area contributed by atoms with Crippen LogP contribution < -0.4 is 10.6 Å². The van der Waals surface area contributed by atoms with Gasteiger partial charge in [-0.05, 0) is 50.5 Å². The number of nitrogens with one attached hydrogen (secondary N) is 2. The van der Waals surface area contributed by atoms with Crippen molar-refractivity contribution in [3.63, 3.8) is 0 Å². The maximum absolute atomic E-state index is 13.0. The van der Waals surface area contributed by atoms with Crippen molar-refractivity contribution in [3.05, 3.63) is 35.1 Å². The summed E-state index contributed by atoms with van der Waals surface area (Å²) in [6, 6.07) is 4.91. The van der Waals surface area contributed by atoms with Crippen LogP contribution in [0.4, 0.5) is 4.39 Å². The van der Waals surface area contributed by atoms with E-state index in [-0.39, 0.29) is 29.8 Å². The molecular weight excluding hydrogens is 396 g/mol. The fourth-order valence-corrected chi connectivity index (χ4v) is 1.96. The molecule has 2 N–H and O–H groups in total. The SMILES string of the molecule is CCNC(=NCCOCC)NCCc1ccc(F)cc1C.I. The van der Waals surface area contributed by atoms with E-state index in [1.165, 1.54) is 6.07 Å². The van der Waals surface area contributed by atoms with Crippen molar-refractivity contribution in [2.24, 2.45) is 4.99 Å². The zero-order valence-corrected chi connectivity index (χ0v) is 15.9. The molecule has 0 aliphatic heterocycles. The van der Waals surface area contributed by atoms with Crippen LogP contribution in [0.5, 0.6) is 0 Å². The third-order valence-electron chi connectivity index (χ3n) is 3.05. The van der Waals surface area contributed by atoms with Crippen molar-refractivity contribution in [1.29, 1.82) is 0 Å². The van der Waals surface area contributed by atoms with E-state index in [1.54, 1.807) is 6.07 Å². The largest absolute Gasteiger partial charge is 0.380 e. The molecule has 0 heterocycles. The van der Waals surface area contributed by atoms with Crippen LogP contribution in [0.25, 0.3) is 0 Å². The number of hydrogen-bond acceptors (Lipinski definition) is 2. The monoisotopic (exact) mass is 423 g/mol. The molecule has 0 bridgehead atoms. The standard InChI is InChI=1S/C16H26FN3O.HI/c1-4-18-16(20-10-11-21-5-2)19-9-8-14-6-7-15(17)12-13(14)3;/h6-7,12H,4-5,8-11H2,1-3H3,(H2,18,19,20);1H. The molecule has 0 saturated heterocycles. The molecule has 22 heavy (non-hydrogen) atoms. The zero-order valence-electron chi connectivity index (χ0n) is 13.6. The summed E-state index contributed by atoms with van der Waals surface area (Å²) in [5.74, 6) is 0.604. The summed E-state index contributed by atoms with van der Waals surface area (Å²) in [5, 5.41) is 6.47. The van der Waals surface area contributed by atoms with Crippen molar-refractivity contribution in [3.8, 4) is 0 Å². The Bertz CT molecular complexity index is 455. The number of rotatable bonds is 8. The first-order valence-corrected chi connectivity index (χ1v) is 7.52. The van der Waals surface area contributed by atoms with Crippen molar-refractivity contribution in [1.82, 2.24) is 10.6 Å². The summed E-state index contributed by atoms with van der Waals surface area (Å²) in [4.78, 5) is 4.43. The molecule has 6 heteroatoms. The predicted molar refractivity (Wildman–Crippen MR) is 101 cm³/mol. The second kappa shape index (κ2) is 12.6. The van der Waals surface area contributed by atoms with Gasteiger partial charge in [0.2, 0.25) is 0 Å². The van der Waals surface area contributed by atoms with Gasteiger partial charge in [-0.1, -0.05) is 6.07 Å². The number of nitrogens with zero attached hydrogens (tertiary/aromatic N) is 1. The summed E-state index contributed by atoms with van der Waals surface area (Å²) in [5.41, 5.74) is 2.13. The van der Waals surface area contributed by atoms with Gasteiger partial charge in [-0.15, -0.1) is 24.0 Å². The highest BCUT2D eigenvalue weighted by Gasteiger charge is 2.01. The van der Waals surface area contributed by atoms with Gasteiger partial charge in [0.1, 0.15) is 5.82 Å². The van der Waals surface area contributed by atoms with Gasteiger partial charge < -0.3 is 15.4 Å². The lowest BCUT2D eigenvalue weighted by Gasteiger charge is -2.12. The Balaban J connectivity index is 0.00000441. The molecule has 1 aromatic rings. The molecule has 0 aliphatic carbocycles. The molecule has 0 aromatic heterocycles. The molecule has 1 aromatic carbocycles. The van der Waals surface area contributed by atoms with Crippen LogP contribution in [-0.2, 0) is 11.2 Å². The molecule has 0 spiro atoms. The van der Waals surface area contributed by atoms with Crippen molar-refractivity contribution < 1.29 is 9.13 Å². The maximum atomic E-state index is 13.0. The Labute approximate surface area is 149 Å². The Morgan fingerprint density at radius 3 is 2.68 bits per heavy atom. The fourth-order valence-electron chi connectivity index (χ4n) is 1.96. The lowest BCUT2D eigenvalue weighted by molar-refractivity contribution is 0.155. The van der Waals surface area contributed by atoms with Crippen molar-refractivity contribution >= 4 is 29.9 Å². The average Bonchev–Trinajstić information content (AvgIpc) is 2.45. The van der Waals surface area contributed by atoms with E-state index < -0.39 is 0 Å². The molecule has 4 nitrogen and oxygen atoms in total. The number of guanidine groups is 1. The molecule has 0 saturated carbocycles. The number of hydrogen-bond donors (Lipinski definition) is 2. The molecule has 0 aliphatic rings. The summed E-state index contributed by atoms with van der Waals surface area (Å²) in [6.45, 7) is 9.48. The van der Waals surface area contributed by atoms with Gasteiger partial charge >= 0.3 is 0 Å². The van der Waals surface area contributed by atoms with E-state index in [0.29, 0.717) is 19.8 Å². The van der Waals surface area contributed by atoms with E-state index in [9.17, 15) is 4.39 Å². The number of aliphatic imine (C=N–C) groups is 1. The highest BCUT2D eigenvalue weighted by Crippen LogP contribution is 2.10. The van der Waals surface area contributed by atoms with Gasteiger partial charge in [0, 0.05) is 19.7 Å². The molecular formula is C16H27FIN3O. The van der Waals surface area contributed by atoms with Gasteiger partial charge in [-0.2, -0.15) is 0 Å². The molecule has 0 amide bonds. The first-order valence-electron chi connectivity index (χ1n) is 7.52. The van der Waals surface area contributed by atoms with E-state index in [4.69, 9.17) is 4.74 Å². The average molecular weight is 423 g/mol. The van der Waals surface area contributed by atoms with Crippen LogP contribution in [0.2, 0.25) is 0 Å². The van der Waals surface area contributed by atoms with Gasteiger partial charge in [-0.3, -0.25) is 4.99 Å². The smallest absolute Gasteiger partial charge is 0.191 e. The van der Waals surface area contributed by atoms with Crippen LogP contribution in [0.15, 0.2) is 23.2 Å². The van der Waals surface area contributed by atoms with Crippen LogP contribution in [0.1, 0.15) is 25.0 Å². The first kappa shape index (κ1) is 21.1. The number of halogens is 2. The molecule has 1 rings (SSSR count). The fraction of sp³-hybridized carbons (Fsp3) is 0.562. The minimum atomic E-state index is -0.185. The topological polar surface area (TPSA) is 45.7 Å². The van der Waals surface area contributed by atoms with E-state index in [2.05, 4.69) is 15.6 Å². The molecule has 126 valence electrons. The Kier molecular flexibility index (Phi) is 12.1. The van der Waals surface area contributed by atoms with E-state index in [0.717, 1.165) is 36.6 Å². The van der Waals surface area contributed by atoms with Gasteiger partial charge in [0.25, 0.3) is 0 Å². The van der Waals surface area contributed by atoms with E-state index >= 15 is 0 Å². The van der Waals surface area contributed by atoms with Gasteiger partial charge in [0.05, 0.1) is 13.2 Å². The minimum Gasteiger partial charge on any atom is -0.380 e. The number of aryl methyl sites for hydroxylation is 1. The maximum Gasteiger partial charge on any atom is 0.191 e. The Morgan fingerprint density at radius 1 is 1.27 bits per heavy atom. The summed E-state index contributed by atoms with van der Waals surface area (Å²) in [7, 11) is 0. The normalized spacial score (nSPS) is 11.0. The first-order chi connectivity index (χ1) is 10.2.